The molecule has 1 aliphatic carbocycles. The van der Waals surface area contributed by atoms with Crippen LogP contribution >= 0.6 is 30.5 Å². The van der Waals surface area contributed by atoms with Crippen molar-refractivity contribution in [3.63, 3.8) is 0 Å². The number of likely N-dealkylation sites (tertiary alicyclic amines) is 1. The van der Waals surface area contributed by atoms with Gasteiger partial charge in [-0.1, -0.05) is 29.3 Å². The Morgan fingerprint density at radius 2 is 1.96 bits per heavy atom. The Bertz CT molecular complexity index is 3230. The number of phosphoric ester groups is 1. The van der Waals surface area contributed by atoms with Crippen molar-refractivity contribution in [2.75, 3.05) is 56.6 Å². The molecule has 0 saturated carbocycles. The standard InChI is InChI=1S/C50H62FN14O10PS2/c1-27(2)42(47(69)64-23-30(67)18-37(64)46(68)56-36(25-66)32-19-34(51)31(43-29(4)55-26-77-43)20-38(32)75-76(70,71)72)65-24-40(59-61-65)73-17-7-6-14-62-15-9-16-63(28(3)22-62)49-54-13-11-35(57-49)45-58-48(74-60-45)50(5)12-8-10-39-41(50)33(21-52)44(53)78-39/h11,13,19-20,24,26-28,30,36-37,42,66-67H,6-10,12,14-18,22-23,25,53H2,1-5H3,(H,56,68)(H2,70,71,72)/t28-,30+,36-,37-,42-,50-/m0/s1. The molecule has 2 fully saturated rings. The number of ether oxygens (including phenoxy) is 1. The number of aromatic nitrogens is 8. The number of unbranched alkanes of at least 4 members (excludes halogenated alkanes) is 1. The summed E-state index contributed by atoms with van der Waals surface area (Å²) in [6, 6.07) is 2.45. The van der Waals surface area contributed by atoms with Gasteiger partial charge in [-0.3, -0.25) is 19.4 Å². The second kappa shape index (κ2) is 23.5. The van der Waals surface area contributed by atoms with Crippen molar-refractivity contribution in [1.82, 2.24) is 55.2 Å². The van der Waals surface area contributed by atoms with Crippen molar-refractivity contribution < 1.29 is 52.3 Å². The Kier molecular flexibility index (Phi) is 16.9. The number of hydrogen-bond donors (Lipinski definition) is 6. The predicted molar refractivity (Wildman–Crippen MR) is 284 cm³/mol. The number of nitrogens with zero attached hydrogens (tertiary/aromatic N) is 12. The van der Waals surface area contributed by atoms with Crippen LogP contribution in [0.3, 0.4) is 0 Å². The molecule has 5 aromatic heterocycles. The third kappa shape index (κ3) is 11.9. The van der Waals surface area contributed by atoms with E-state index in [9.17, 15) is 39.4 Å². The molecule has 0 unspecified atom stereocenters. The number of nitrogen functional groups attached to an aromatic ring is 1. The summed E-state index contributed by atoms with van der Waals surface area (Å²) in [6.07, 6.45) is 6.88. The fourth-order valence-electron chi connectivity index (χ4n) is 10.7. The molecule has 3 aliphatic rings. The average molecular weight is 1130 g/mol. The number of nitriles is 1. The number of fused-ring (bicyclic) bond motifs is 1. The van der Waals surface area contributed by atoms with Crippen molar-refractivity contribution in [3.8, 4) is 39.7 Å². The van der Waals surface area contributed by atoms with E-state index in [1.165, 1.54) is 32.6 Å². The normalized spacial score (nSPS) is 20.8. The fourth-order valence-corrected chi connectivity index (χ4v) is 13.2. The molecule has 2 amide bonds. The van der Waals surface area contributed by atoms with Gasteiger partial charge in [0.25, 0.3) is 5.88 Å². The number of carbonyl (C=O) groups excluding carboxylic acids is 2. The van der Waals surface area contributed by atoms with Gasteiger partial charge in [0.05, 0.1) is 58.6 Å². The van der Waals surface area contributed by atoms with E-state index in [2.05, 4.69) is 53.5 Å². The van der Waals surface area contributed by atoms with Crippen LogP contribution < -0.4 is 25.2 Å². The van der Waals surface area contributed by atoms with E-state index in [1.54, 1.807) is 33.0 Å². The first kappa shape index (κ1) is 56.2. The van der Waals surface area contributed by atoms with E-state index >= 15 is 4.39 Å². The lowest BCUT2D eigenvalue weighted by Gasteiger charge is -2.30. The number of aryl methyl sites for hydroxylation is 2. The van der Waals surface area contributed by atoms with Crippen LogP contribution in [-0.4, -0.2) is 146 Å². The van der Waals surface area contributed by atoms with E-state index in [0.29, 0.717) is 57.5 Å². The molecule has 28 heteroatoms. The van der Waals surface area contributed by atoms with Crippen molar-refractivity contribution in [2.45, 2.75) is 115 Å². The van der Waals surface area contributed by atoms with Crippen LogP contribution in [0.4, 0.5) is 15.3 Å². The topological polar surface area (TPSA) is 330 Å². The van der Waals surface area contributed by atoms with Crippen LogP contribution in [0.2, 0.25) is 0 Å². The molecule has 6 aromatic rings. The van der Waals surface area contributed by atoms with Gasteiger partial charge in [0.1, 0.15) is 40.4 Å². The highest BCUT2D eigenvalue weighted by Crippen LogP contribution is 2.49. The Morgan fingerprint density at radius 1 is 1.15 bits per heavy atom. The van der Waals surface area contributed by atoms with E-state index in [-0.39, 0.29) is 41.9 Å². The van der Waals surface area contributed by atoms with E-state index in [4.69, 9.17) is 29.5 Å². The van der Waals surface area contributed by atoms with Crippen molar-refractivity contribution in [1.29, 1.82) is 5.26 Å². The van der Waals surface area contributed by atoms with E-state index in [0.717, 1.165) is 92.2 Å². The number of nitrogens with one attached hydrogen (secondary N) is 1. The van der Waals surface area contributed by atoms with Crippen LogP contribution in [0.1, 0.15) is 111 Å². The van der Waals surface area contributed by atoms with Crippen molar-refractivity contribution in [3.05, 3.63) is 75.1 Å². The molecule has 0 spiro atoms. The van der Waals surface area contributed by atoms with Crippen LogP contribution in [0, 0.1) is 30.0 Å². The summed E-state index contributed by atoms with van der Waals surface area (Å²) >= 11 is 2.55. The van der Waals surface area contributed by atoms with Crippen molar-refractivity contribution in [2.24, 2.45) is 5.92 Å². The van der Waals surface area contributed by atoms with Gasteiger partial charge in [-0.25, -0.2) is 28.6 Å². The summed E-state index contributed by atoms with van der Waals surface area (Å²) in [5.41, 5.74) is 9.10. The zero-order chi connectivity index (χ0) is 55.6. The number of halogens is 1. The Labute approximate surface area is 456 Å². The molecule has 1 aromatic carbocycles. The summed E-state index contributed by atoms with van der Waals surface area (Å²) in [7, 11) is -5.22. The number of thiophene rings is 1. The molecule has 9 rings (SSSR count). The van der Waals surface area contributed by atoms with E-state index in [1.807, 2.05) is 6.92 Å². The van der Waals surface area contributed by atoms with Gasteiger partial charge in [-0.15, -0.1) is 22.7 Å². The van der Waals surface area contributed by atoms with Gasteiger partial charge in [0, 0.05) is 59.9 Å². The molecule has 78 heavy (non-hydrogen) atoms. The Balaban J connectivity index is 0.777. The average Bonchev–Trinajstić information content (AvgIpc) is 4.35. The quantitative estimate of drug-likeness (QED) is 0.0454. The number of hydrogen-bond acceptors (Lipinski definition) is 21. The lowest BCUT2D eigenvalue weighted by atomic mass is 9.72. The molecule has 6 atom stereocenters. The lowest BCUT2D eigenvalue weighted by Crippen LogP contribution is -2.50. The van der Waals surface area contributed by atoms with Crippen LogP contribution in [0.15, 0.2) is 40.6 Å². The van der Waals surface area contributed by atoms with E-state index < -0.39 is 67.5 Å². The monoisotopic (exact) mass is 1130 g/mol. The molecule has 0 radical (unpaired) electrons. The maximum absolute atomic E-state index is 15.7. The summed E-state index contributed by atoms with van der Waals surface area (Å²) in [4.78, 5) is 73.5. The van der Waals surface area contributed by atoms with Gasteiger partial charge in [0.2, 0.25) is 29.5 Å². The molecule has 24 nitrogen and oxygen atoms in total. The fraction of sp³-hybridized carbons (Fsp3) is 0.520. The highest BCUT2D eigenvalue weighted by atomic mass is 32.1. The number of nitrogens with two attached hydrogens (primary N) is 1. The molecular formula is C50H62FN14O10PS2. The molecule has 7 N–H and O–H groups in total. The second-order valence-electron chi connectivity index (χ2n) is 20.4. The minimum Gasteiger partial charge on any atom is -0.475 e. The van der Waals surface area contributed by atoms with Crippen LogP contribution in [-0.2, 0) is 26.0 Å². The number of aliphatic hydroxyl groups excluding tert-OH is 2. The zero-order valence-corrected chi connectivity index (χ0v) is 46.2. The largest absolute Gasteiger partial charge is 0.524 e. The van der Waals surface area contributed by atoms with Crippen LogP contribution in [0.5, 0.6) is 11.6 Å². The number of anilines is 2. The van der Waals surface area contributed by atoms with Gasteiger partial charge >= 0.3 is 7.82 Å². The summed E-state index contributed by atoms with van der Waals surface area (Å²) < 4.78 is 45.9. The highest BCUT2D eigenvalue weighted by Gasteiger charge is 2.45. The number of β-amino-alcohol motifs (C(OH)–C–C–N with tert-alkyl or cyclic N) is 1. The molecule has 2 saturated heterocycles. The third-order valence-corrected chi connectivity index (χ3v) is 17.0. The second-order valence-corrected chi connectivity index (χ2v) is 23.6. The molecule has 0 bridgehead atoms. The lowest BCUT2D eigenvalue weighted by molar-refractivity contribution is -0.142. The first-order chi connectivity index (χ1) is 37.3. The summed E-state index contributed by atoms with van der Waals surface area (Å²) in [5, 5.41) is 47.0. The number of benzene rings is 1. The molecule has 416 valence electrons. The number of amides is 2. The van der Waals surface area contributed by atoms with Crippen molar-refractivity contribution >= 4 is 53.3 Å². The van der Waals surface area contributed by atoms with Gasteiger partial charge < -0.3 is 49.7 Å². The highest BCUT2D eigenvalue weighted by molar-refractivity contribution is 7.46. The number of phosphoric acid groups is 1. The number of carbonyl (C=O) groups is 2. The summed E-state index contributed by atoms with van der Waals surface area (Å²) in [5.74, 6) is -1.51. The molecular weight excluding hydrogens is 1070 g/mol. The first-order valence-electron chi connectivity index (χ1n) is 25.7. The smallest absolute Gasteiger partial charge is 0.475 e. The Morgan fingerprint density at radius 3 is 2.69 bits per heavy atom. The first-order valence-corrected chi connectivity index (χ1v) is 28.9. The summed E-state index contributed by atoms with van der Waals surface area (Å²) in [6.45, 7) is 11.9. The number of aliphatic hydroxyl groups is 2. The third-order valence-electron chi connectivity index (χ3n) is 14.5. The maximum atomic E-state index is 15.7. The number of rotatable bonds is 19. The minimum absolute atomic E-state index is 0.0593. The Hall–Kier alpha value is -6.50. The van der Waals surface area contributed by atoms with Crippen LogP contribution in [0.25, 0.3) is 22.0 Å². The predicted octanol–water partition coefficient (Wildman–Crippen LogP) is 5.09. The minimum atomic E-state index is -5.22. The molecule has 2 aliphatic heterocycles. The molecule has 7 heterocycles. The van der Waals surface area contributed by atoms with Gasteiger partial charge in [0.15, 0.2) is 0 Å². The maximum Gasteiger partial charge on any atom is 0.524 e. The zero-order valence-electron chi connectivity index (χ0n) is 43.7. The SMILES string of the molecule is Cc1ncsc1-c1cc(OP(=O)(O)O)c([C@H](CO)NC(=O)[C@@H]2C[C@@H](O)CN2C(=O)[C@H](C(C)C)n2cc(OCCCCN3CCCN(c4nccc(-c5noc([C@@]6(C)CCCc7sc(N)c(C#N)c76)n5)n4)[C@@H](C)C3)nn2)cc1F. The van der Waals surface area contributed by atoms with Gasteiger partial charge in [-0.2, -0.15) is 10.2 Å². The number of thiazole rings is 1. The van der Waals surface area contributed by atoms with Gasteiger partial charge in [-0.05, 0) is 96.5 Å².